The van der Waals surface area contributed by atoms with E-state index in [0.717, 1.165) is 18.6 Å². The van der Waals surface area contributed by atoms with Gasteiger partial charge in [0, 0.05) is 6.42 Å². The summed E-state index contributed by atoms with van der Waals surface area (Å²) in [6.07, 6.45) is 1.92. The molecule has 90 valence electrons. The smallest absolute Gasteiger partial charge is 0.132 e. The first kappa shape index (κ1) is 11.9. The molecule has 2 rings (SSSR count). The van der Waals surface area contributed by atoms with E-state index in [2.05, 4.69) is 12.1 Å². The SMILES string of the molecule is CCc1ccc(C(O)CCc2ccccc2)o1. The first-order chi connectivity index (χ1) is 8.29. The second-order valence-corrected chi connectivity index (χ2v) is 4.20. The summed E-state index contributed by atoms with van der Waals surface area (Å²) in [5, 5.41) is 10.00. The fourth-order valence-corrected chi connectivity index (χ4v) is 1.85. The first-order valence-electron chi connectivity index (χ1n) is 6.10. The molecule has 0 radical (unpaired) electrons. The van der Waals surface area contributed by atoms with E-state index in [1.165, 1.54) is 5.56 Å². The number of benzene rings is 1. The van der Waals surface area contributed by atoms with Crippen molar-refractivity contribution in [3.63, 3.8) is 0 Å². The molecule has 1 atom stereocenters. The monoisotopic (exact) mass is 230 g/mol. The fraction of sp³-hybridized carbons (Fsp3) is 0.333. The fourth-order valence-electron chi connectivity index (χ4n) is 1.85. The van der Waals surface area contributed by atoms with Gasteiger partial charge in [-0.2, -0.15) is 0 Å². The standard InChI is InChI=1S/C15H18O2/c1-2-13-9-11-15(17-13)14(16)10-8-12-6-4-3-5-7-12/h3-7,9,11,14,16H,2,8,10H2,1H3. The van der Waals surface area contributed by atoms with E-state index >= 15 is 0 Å². The lowest BCUT2D eigenvalue weighted by atomic mass is 10.1. The molecule has 2 nitrogen and oxygen atoms in total. The highest BCUT2D eigenvalue weighted by atomic mass is 16.4. The number of aliphatic hydroxyl groups is 1. The first-order valence-corrected chi connectivity index (χ1v) is 6.10. The van der Waals surface area contributed by atoms with Gasteiger partial charge in [0.15, 0.2) is 0 Å². The lowest BCUT2D eigenvalue weighted by Gasteiger charge is -2.07. The lowest BCUT2D eigenvalue weighted by Crippen LogP contribution is -1.98. The maximum absolute atomic E-state index is 10.00. The van der Waals surface area contributed by atoms with E-state index in [1.54, 1.807) is 0 Å². The Bertz CT molecular complexity index is 445. The Labute approximate surface area is 102 Å². The molecule has 0 saturated heterocycles. The van der Waals surface area contributed by atoms with Gasteiger partial charge in [0.1, 0.15) is 17.6 Å². The van der Waals surface area contributed by atoms with Crippen LogP contribution in [0.5, 0.6) is 0 Å². The van der Waals surface area contributed by atoms with Crippen molar-refractivity contribution in [3.05, 3.63) is 59.5 Å². The third kappa shape index (κ3) is 3.21. The maximum Gasteiger partial charge on any atom is 0.132 e. The molecular weight excluding hydrogens is 212 g/mol. The molecule has 0 fully saturated rings. The molecule has 0 aliphatic carbocycles. The van der Waals surface area contributed by atoms with Crippen molar-refractivity contribution in [2.75, 3.05) is 0 Å². The number of hydrogen-bond acceptors (Lipinski definition) is 2. The molecule has 0 spiro atoms. The molecular formula is C15H18O2. The van der Waals surface area contributed by atoms with Crippen LogP contribution in [0.15, 0.2) is 46.9 Å². The highest BCUT2D eigenvalue weighted by Crippen LogP contribution is 2.21. The number of hydrogen-bond donors (Lipinski definition) is 1. The van der Waals surface area contributed by atoms with Gasteiger partial charge in [-0.3, -0.25) is 0 Å². The summed E-state index contributed by atoms with van der Waals surface area (Å²) in [5.41, 5.74) is 1.24. The van der Waals surface area contributed by atoms with Gasteiger partial charge in [-0.15, -0.1) is 0 Å². The summed E-state index contributed by atoms with van der Waals surface area (Å²) < 4.78 is 5.53. The van der Waals surface area contributed by atoms with Gasteiger partial charge >= 0.3 is 0 Å². The molecule has 2 heteroatoms. The molecule has 1 aromatic carbocycles. The van der Waals surface area contributed by atoms with Crippen LogP contribution in [0.4, 0.5) is 0 Å². The van der Waals surface area contributed by atoms with E-state index in [-0.39, 0.29) is 0 Å². The van der Waals surface area contributed by atoms with Crippen LogP contribution in [0.1, 0.15) is 36.5 Å². The van der Waals surface area contributed by atoms with Crippen LogP contribution in [-0.4, -0.2) is 5.11 Å². The van der Waals surface area contributed by atoms with Gasteiger partial charge < -0.3 is 9.52 Å². The molecule has 0 amide bonds. The molecule has 17 heavy (non-hydrogen) atoms. The summed E-state index contributed by atoms with van der Waals surface area (Å²) in [7, 11) is 0. The second kappa shape index (κ2) is 5.69. The van der Waals surface area contributed by atoms with E-state index in [9.17, 15) is 5.11 Å². The molecule has 0 aliphatic heterocycles. The summed E-state index contributed by atoms with van der Waals surface area (Å²) in [6.45, 7) is 2.04. The Hall–Kier alpha value is -1.54. The Morgan fingerprint density at radius 1 is 1.12 bits per heavy atom. The van der Waals surface area contributed by atoms with Gasteiger partial charge in [0.25, 0.3) is 0 Å². The molecule has 0 bridgehead atoms. The summed E-state index contributed by atoms with van der Waals surface area (Å²) in [5.74, 6) is 1.61. The van der Waals surface area contributed by atoms with Gasteiger partial charge in [-0.25, -0.2) is 0 Å². The molecule has 1 aromatic heterocycles. The van der Waals surface area contributed by atoms with Gasteiger partial charge in [-0.1, -0.05) is 37.3 Å². The molecule has 2 aromatic rings. The minimum Gasteiger partial charge on any atom is -0.463 e. The Balaban J connectivity index is 1.91. The van der Waals surface area contributed by atoms with Gasteiger partial charge in [0.05, 0.1) is 0 Å². The van der Waals surface area contributed by atoms with Crippen LogP contribution < -0.4 is 0 Å². The summed E-state index contributed by atoms with van der Waals surface area (Å²) in [4.78, 5) is 0. The Morgan fingerprint density at radius 2 is 1.88 bits per heavy atom. The normalized spacial score (nSPS) is 12.6. The van der Waals surface area contributed by atoms with Crippen LogP contribution in [0.2, 0.25) is 0 Å². The maximum atomic E-state index is 10.00. The van der Waals surface area contributed by atoms with Crippen molar-refractivity contribution < 1.29 is 9.52 Å². The van der Waals surface area contributed by atoms with Crippen molar-refractivity contribution in [1.82, 2.24) is 0 Å². The number of aryl methyl sites for hydroxylation is 2. The zero-order valence-corrected chi connectivity index (χ0v) is 10.1. The third-order valence-corrected chi connectivity index (χ3v) is 2.91. The molecule has 1 N–H and O–H groups in total. The van der Waals surface area contributed by atoms with Crippen molar-refractivity contribution in [3.8, 4) is 0 Å². The van der Waals surface area contributed by atoms with Crippen LogP contribution in [0.25, 0.3) is 0 Å². The predicted molar refractivity (Wildman–Crippen MR) is 67.8 cm³/mol. The second-order valence-electron chi connectivity index (χ2n) is 4.20. The average Bonchev–Trinajstić information content (AvgIpc) is 2.86. The number of furan rings is 1. The van der Waals surface area contributed by atoms with E-state index < -0.39 is 6.10 Å². The van der Waals surface area contributed by atoms with Crippen LogP contribution in [0.3, 0.4) is 0 Å². The van der Waals surface area contributed by atoms with E-state index in [1.807, 2.05) is 37.3 Å². The van der Waals surface area contributed by atoms with Crippen molar-refractivity contribution in [2.45, 2.75) is 32.3 Å². The van der Waals surface area contributed by atoms with Crippen molar-refractivity contribution in [1.29, 1.82) is 0 Å². The molecule has 1 heterocycles. The lowest BCUT2D eigenvalue weighted by molar-refractivity contribution is 0.139. The highest BCUT2D eigenvalue weighted by molar-refractivity contribution is 5.15. The van der Waals surface area contributed by atoms with Crippen LogP contribution in [0, 0.1) is 0 Å². The third-order valence-electron chi connectivity index (χ3n) is 2.91. The Morgan fingerprint density at radius 3 is 2.53 bits per heavy atom. The Kier molecular flexibility index (Phi) is 3.99. The minimum absolute atomic E-state index is 0.504. The number of rotatable bonds is 5. The minimum atomic E-state index is -0.504. The van der Waals surface area contributed by atoms with Gasteiger partial charge in [-0.05, 0) is 30.5 Å². The van der Waals surface area contributed by atoms with E-state index in [0.29, 0.717) is 12.2 Å². The van der Waals surface area contributed by atoms with E-state index in [4.69, 9.17) is 4.42 Å². The molecule has 0 aliphatic rings. The van der Waals surface area contributed by atoms with Crippen LogP contribution >= 0.6 is 0 Å². The van der Waals surface area contributed by atoms with Crippen molar-refractivity contribution >= 4 is 0 Å². The van der Waals surface area contributed by atoms with Crippen LogP contribution in [-0.2, 0) is 12.8 Å². The summed E-state index contributed by atoms with van der Waals surface area (Å²) in [6, 6.07) is 14.0. The molecule has 0 saturated carbocycles. The summed E-state index contributed by atoms with van der Waals surface area (Å²) >= 11 is 0. The van der Waals surface area contributed by atoms with Crippen molar-refractivity contribution in [2.24, 2.45) is 0 Å². The highest BCUT2D eigenvalue weighted by Gasteiger charge is 2.11. The quantitative estimate of drug-likeness (QED) is 0.852. The zero-order valence-electron chi connectivity index (χ0n) is 10.1. The average molecular weight is 230 g/mol. The predicted octanol–water partition coefficient (Wildman–Crippen LogP) is 3.51. The topological polar surface area (TPSA) is 33.4 Å². The largest absolute Gasteiger partial charge is 0.463 e. The molecule has 1 unspecified atom stereocenters. The number of aliphatic hydroxyl groups excluding tert-OH is 1. The zero-order chi connectivity index (χ0) is 12.1. The van der Waals surface area contributed by atoms with Gasteiger partial charge in [0.2, 0.25) is 0 Å².